The molecule has 0 spiro atoms. The smallest absolute Gasteiger partial charge is 0.211 e. The summed E-state index contributed by atoms with van der Waals surface area (Å²) in [5.41, 5.74) is 9.00. The number of anilines is 1. The van der Waals surface area contributed by atoms with Crippen LogP contribution < -0.4 is 10.5 Å². The van der Waals surface area contributed by atoms with Gasteiger partial charge in [0.25, 0.3) is 0 Å². The van der Waals surface area contributed by atoms with E-state index in [1.165, 1.54) is 70.6 Å². The predicted molar refractivity (Wildman–Crippen MR) is 179 cm³/mol. The van der Waals surface area contributed by atoms with Crippen LogP contribution in [0.3, 0.4) is 0 Å². The van der Waals surface area contributed by atoms with Crippen LogP contribution >= 0.6 is 0 Å². The summed E-state index contributed by atoms with van der Waals surface area (Å²) in [4.78, 5) is 9.46. The molecule has 8 heteroatoms. The van der Waals surface area contributed by atoms with Crippen molar-refractivity contribution < 1.29 is 8.42 Å². The fraction of sp³-hybridized carbons (Fsp3) is 0.706. The third-order valence-corrected chi connectivity index (χ3v) is 9.81. The molecular weight excluding hydrogens is 542 g/mol. The molecule has 0 aliphatic carbocycles. The molecule has 0 amide bonds. The number of para-hydroxylation sites is 1. The molecule has 0 saturated carbocycles. The first kappa shape index (κ1) is 34.3. The lowest BCUT2D eigenvalue weighted by molar-refractivity contribution is 0.535. The van der Waals surface area contributed by atoms with E-state index < -0.39 is 10.0 Å². The summed E-state index contributed by atoms with van der Waals surface area (Å²) in [6, 6.07) is 8.07. The highest BCUT2D eigenvalue weighted by Crippen LogP contribution is 2.29. The summed E-state index contributed by atoms with van der Waals surface area (Å²) >= 11 is 0. The summed E-state index contributed by atoms with van der Waals surface area (Å²) in [7, 11) is -3.22. The highest BCUT2D eigenvalue weighted by atomic mass is 32.2. The molecule has 3 rings (SSSR count). The molecule has 1 aromatic carbocycles. The molecule has 0 fully saturated rings. The van der Waals surface area contributed by atoms with Crippen LogP contribution in [0.1, 0.15) is 135 Å². The Labute approximate surface area is 255 Å². The van der Waals surface area contributed by atoms with Gasteiger partial charge in [-0.05, 0) is 31.7 Å². The number of pyridine rings is 1. The van der Waals surface area contributed by atoms with E-state index >= 15 is 0 Å². The van der Waals surface area contributed by atoms with Crippen LogP contribution in [-0.4, -0.2) is 35.3 Å². The maximum absolute atomic E-state index is 12.5. The van der Waals surface area contributed by atoms with Crippen LogP contribution in [0, 0.1) is 0 Å². The average Bonchev–Trinajstić information content (AvgIpc) is 3.35. The number of aryl methyl sites for hydroxylation is 2. The number of unbranched alkanes of at least 4 members (excludes halogenated alkanes) is 15. The first-order chi connectivity index (χ1) is 20.5. The third kappa shape index (κ3) is 11.5. The molecule has 3 N–H and O–H groups in total. The standard InChI is InChI=1S/C34H57N5O2S/c1-3-5-7-8-9-10-11-12-13-14-15-16-17-22-28-42(40,41)36-26-20-21-27-39-31(25-6-4-2)38-32-33(39)29-23-18-19-24-30(29)37-34(32)35/h18-19,23-24,36H,3-17,20-22,25-28H2,1-2H3,(H2,35,37). The molecule has 0 saturated heterocycles. The van der Waals surface area contributed by atoms with Gasteiger partial charge < -0.3 is 10.3 Å². The topological polar surface area (TPSA) is 103 Å². The average molecular weight is 600 g/mol. The number of nitrogens with one attached hydrogen (secondary N) is 1. The monoisotopic (exact) mass is 599 g/mol. The molecule has 0 aliphatic rings. The summed E-state index contributed by atoms with van der Waals surface area (Å²) < 4.78 is 30.2. The van der Waals surface area contributed by atoms with Gasteiger partial charge in [-0.2, -0.15) is 0 Å². The van der Waals surface area contributed by atoms with Crippen molar-refractivity contribution in [2.75, 3.05) is 18.0 Å². The molecule has 7 nitrogen and oxygen atoms in total. The van der Waals surface area contributed by atoms with Crippen molar-refractivity contribution in [2.24, 2.45) is 0 Å². The number of hydrogen-bond acceptors (Lipinski definition) is 5. The number of fused-ring (bicyclic) bond motifs is 3. The highest BCUT2D eigenvalue weighted by molar-refractivity contribution is 7.89. The fourth-order valence-corrected chi connectivity index (χ4v) is 7.04. The van der Waals surface area contributed by atoms with Gasteiger partial charge >= 0.3 is 0 Å². The van der Waals surface area contributed by atoms with Crippen molar-refractivity contribution >= 4 is 37.8 Å². The number of hydrogen-bond donors (Lipinski definition) is 2. The van der Waals surface area contributed by atoms with Gasteiger partial charge in [-0.25, -0.2) is 23.1 Å². The van der Waals surface area contributed by atoms with Crippen molar-refractivity contribution in [3.63, 3.8) is 0 Å². The second kappa shape index (κ2) is 19.2. The maximum atomic E-state index is 12.5. The Hall–Kier alpha value is -2.19. The molecule has 0 atom stereocenters. The lowest BCUT2D eigenvalue weighted by atomic mass is 10.0. The van der Waals surface area contributed by atoms with E-state index in [0.29, 0.717) is 12.4 Å². The van der Waals surface area contributed by atoms with Crippen molar-refractivity contribution in [2.45, 2.75) is 142 Å². The van der Waals surface area contributed by atoms with Gasteiger partial charge in [-0.3, -0.25) is 0 Å². The second-order valence-electron chi connectivity index (χ2n) is 12.0. The van der Waals surface area contributed by atoms with Crippen LogP contribution in [0.2, 0.25) is 0 Å². The Kier molecular flexibility index (Phi) is 15.6. The van der Waals surface area contributed by atoms with E-state index in [1.54, 1.807) is 0 Å². The van der Waals surface area contributed by atoms with Crippen LogP contribution in [0.25, 0.3) is 21.9 Å². The maximum Gasteiger partial charge on any atom is 0.211 e. The number of nitrogens with zero attached hydrogens (tertiary/aromatic N) is 3. The minimum atomic E-state index is -3.22. The van der Waals surface area contributed by atoms with Gasteiger partial charge in [0.15, 0.2) is 5.82 Å². The van der Waals surface area contributed by atoms with E-state index in [1.807, 2.05) is 18.2 Å². The Morgan fingerprint density at radius 1 is 0.738 bits per heavy atom. The molecule has 2 heterocycles. The number of rotatable bonds is 24. The van der Waals surface area contributed by atoms with Gasteiger partial charge in [0, 0.05) is 24.9 Å². The molecule has 2 aromatic heterocycles. The molecule has 0 unspecified atom stereocenters. The Bertz CT molecular complexity index is 1290. The minimum absolute atomic E-state index is 0.233. The number of sulfonamides is 1. The lowest BCUT2D eigenvalue weighted by Crippen LogP contribution is -2.27. The fourth-order valence-electron chi connectivity index (χ4n) is 5.85. The number of nitrogen functional groups attached to an aromatic ring is 1. The first-order valence-electron chi connectivity index (χ1n) is 17.0. The Morgan fingerprint density at radius 3 is 1.98 bits per heavy atom. The Balaban J connectivity index is 1.32. The van der Waals surface area contributed by atoms with Crippen LogP contribution in [0.15, 0.2) is 24.3 Å². The van der Waals surface area contributed by atoms with Gasteiger partial charge in [0.2, 0.25) is 10.0 Å². The summed E-state index contributed by atoms with van der Waals surface area (Å²) in [5, 5.41) is 1.06. The molecule has 0 bridgehead atoms. The number of nitrogens with two attached hydrogens (primary N) is 1. The minimum Gasteiger partial charge on any atom is -0.382 e. The predicted octanol–water partition coefficient (Wildman–Crippen LogP) is 8.69. The largest absolute Gasteiger partial charge is 0.382 e. The third-order valence-electron chi connectivity index (χ3n) is 8.34. The van der Waals surface area contributed by atoms with Crippen molar-refractivity contribution in [1.29, 1.82) is 0 Å². The quantitative estimate of drug-likeness (QED) is 0.100. The number of aromatic nitrogens is 3. The van der Waals surface area contributed by atoms with Gasteiger partial charge in [-0.15, -0.1) is 0 Å². The Morgan fingerprint density at radius 2 is 1.33 bits per heavy atom. The van der Waals surface area contributed by atoms with Gasteiger partial charge in [0.05, 0.1) is 16.8 Å². The van der Waals surface area contributed by atoms with Gasteiger partial charge in [-0.1, -0.05) is 122 Å². The van der Waals surface area contributed by atoms with E-state index in [9.17, 15) is 8.42 Å². The lowest BCUT2D eigenvalue weighted by Gasteiger charge is -2.11. The van der Waals surface area contributed by atoms with Crippen molar-refractivity contribution in [3.05, 3.63) is 30.1 Å². The zero-order valence-corrected chi connectivity index (χ0v) is 27.3. The normalized spacial score (nSPS) is 12.1. The van der Waals surface area contributed by atoms with E-state index in [2.05, 4.69) is 34.2 Å². The van der Waals surface area contributed by atoms with E-state index in [0.717, 1.165) is 85.7 Å². The molecule has 236 valence electrons. The van der Waals surface area contributed by atoms with Crippen molar-refractivity contribution in [3.8, 4) is 0 Å². The second-order valence-corrected chi connectivity index (χ2v) is 13.9. The molecule has 0 radical (unpaired) electrons. The SMILES string of the molecule is CCCCCCCCCCCCCCCCS(=O)(=O)NCCCCn1c(CCCC)nc2c(N)nc3ccccc3c21. The summed E-state index contributed by atoms with van der Waals surface area (Å²) in [6.45, 7) is 5.71. The van der Waals surface area contributed by atoms with Gasteiger partial charge in [0.1, 0.15) is 11.3 Å². The van der Waals surface area contributed by atoms with Crippen LogP contribution in [-0.2, 0) is 23.0 Å². The summed E-state index contributed by atoms with van der Waals surface area (Å²) in [6.07, 6.45) is 22.4. The number of imidazole rings is 1. The molecule has 42 heavy (non-hydrogen) atoms. The zero-order valence-electron chi connectivity index (χ0n) is 26.5. The zero-order chi connectivity index (χ0) is 30.0. The van der Waals surface area contributed by atoms with Crippen LogP contribution in [0.4, 0.5) is 5.82 Å². The molecule has 3 aromatic rings. The summed E-state index contributed by atoms with van der Waals surface area (Å²) in [5.74, 6) is 1.74. The first-order valence-corrected chi connectivity index (χ1v) is 18.6. The van der Waals surface area contributed by atoms with E-state index in [4.69, 9.17) is 10.7 Å². The van der Waals surface area contributed by atoms with Crippen molar-refractivity contribution in [1.82, 2.24) is 19.3 Å². The molecule has 0 aliphatic heterocycles. The van der Waals surface area contributed by atoms with E-state index in [-0.39, 0.29) is 5.75 Å². The number of benzene rings is 1. The molecular formula is C34H57N5O2S. The highest BCUT2D eigenvalue weighted by Gasteiger charge is 2.17. The van der Waals surface area contributed by atoms with Crippen LogP contribution in [0.5, 0.6) is 0 Å².